The van der Waals surface area contributed by atoms with Crippen LogP contribution < -0.4 is 5.32 Å². The highest BCUT2D eigenvalue weighted by molar-refractivity contribution is 9.10. The number of anilines is 1. The van der Waals surface area contributed by atoms with Crippen molar-refractivity contribution in [2.24, 2.45) is 0 Å². The number of nitrogens with one attached hydrogen (secondary N) is 1. The number of para-hydroxylation sites is 1. The molecule has 1 N–H and O–H groups in total. The number of amides is 1. The minimum Gasteiger partial charge on any atom is -0.324 e. The normalized spacial score (nSPS) is 10.3. The molecule has 0 heterocycles. The first-order valence-corrected chi connectivity index (χ1v) is 7.60. The van der Waals surface area contributed by atoms with Crippen LogP contribution in [0.5, 0.6) is 0 Å². The summed E-state index contributed by atoms with van der Waals surface area (Å²) in [6, 6.07) is 17.0. The lowest BCUT2D eigenvalue weighted by Crippen LogP contribution is -2.30. The summed E-state index contributed by atoms with van der Waals surface area (Å²) < 4.78 is 1.03. The number of nitriles is 1. The molecule has 0 bridgehead atoms. The van der Waals surface area contributed by atoms with Crippen LogP contribution in [-0.2, 0) is 11.3 Å². The molecule has 0 aromatic heterocycles. The number of halogens is 1. The number of rotatable bonds is 5. The first-order valence-electron chi connectivity index (χ1n) is 6.80. The summed E-state index contributed by atoms with van der Waals surface area (Å²) in [7, 11) is 1.89. The first kappa shape index (κ1) is 16.2. The van der Waals surface area contributed by atoms with Crippen LogP contribution in [0.25, 0.3) is 0 Å². The third kappa shape index (κ3) is 4.69. The second kappa shape index (κ2) is 7.74. The van der Waals surface area contributed by atoms with Crippen LogP contribution in [0.3, 0.4) is 0 Å². The zero-order valence-electron chi connectivity index (χ0n) is 12.2. The van der Waals surface area contributed by atoms with Gasteiger partial charge in [0, 0.05) is 11.0 Å². The SMILES string of the molecule is CN(CC(=O)Nc1ccccc1C#N)Cc1ccc(Br)cc1. The zero-order valence-corrected chi connectivity index (χ0v) is 13.8. The predicted octanol–water partition coefficient (Wildman–Crippen LogP) is 3.39. The third-order valence-corrected chi connectivity index (χ3v) is 3.63. The van der Waals surface area contributed by atoms with Gasteiger partial charge in [-0.05, 0) is 36.9 Å². The van der Waals surface area contributed by atoms with Crippen molar-refractivity contribution in [2.45, 2.75) is 6.54 Å². The summed E-state index contributed by atoms with van der Waals surface area (Å²) >= 11 is 3.40. The van der Waals surface area contributed by atoms with Crippen LogP contribution in [0, 0.1) is 11.3 Å². The number of hydrogen-bond donors (Lipinski definition) is 1. The summed E-state index contributed by atoms with van der Waals surface area (Å²) in [5.41, 5.74) is 2.15. The number of benzene rings is 2. The Hall–Kier alpha value is -2.16. The molecule has 0 unspecified atom stereocenters. The zero-order chi connectivity index (χ0) is 15.9. The summed E-state index contributed by atoms with van der Waals surface area (Å²) in [5, 5.41) is 11.8. The molecule has 0 radical (unpaired) electrons. The van der Waals surface area contributed by atoms with Gasteiger partial charge in [0.25, 0.3) is 0 Å². The molecule has 2 rings (SSSR count). The van der Waals surface area contributed by atoms with Crippen molar-refractivity contribution in [2.75, 3.05) is 18.9 Å². The molecule has 4 nitrogen and oxygen atoms in total. The van der Waals surface area contributed by atoms with Gasteiger partial charge >= 0.3 is 0 Å². The van der Waals surface area contributed by atoms with E-state index in [4.69, 9.17) is 5.26 Å². The highest BCUT2D eigenvalue weighted by Gasteiger charge is 2.09. The fourth-order valence-electron chi connectivity index (χ4n) is 2.08. The smallest absolute Gasteiger partial charge is 0.238 e. The van der Waals surface area contributed by atoms with E-state index in [1.165, 1.54) is 0 Å². The summed E-state index contributed by atoms with van der Waals surface area (Å²) in [4.78, 5) is 14.0. The lowest BCUT2D eigenvalue weighted by atomic mass is 10.2. The molecule has 2 aromatic carbocycles. The van der Waals surface area contributed by atoms with Gasteiger partial charge in [-0.15, -0.1) is 0 Å². The van der Waals surface area contributed by atoms with Crippen LogP contribution in [0.1, 0.15) is 11.1 Å². The highest BCUT2D eigenvalue weighted by Crippen LogP contribution is 2.14. The number of likely N-dealkylation sites (N-methyl/N-ethyl adjacent to an activating group) is 1. The lowest BCUT2D eigenvalue weighted by molar-refractivity contribution is -0.117. The van der Waals surface area contributed by atoms with Crippen molar-refractivity contribution < 1.29 is 4.79 Å². The molecular weight excluding hydrogens is 342 g/mol. The van der Waals surface area contributed by atoms with Crippen molar-refractivity contribution in [1.82, 2.24) is 4.90 Å². The molecule has 22 heavy (non-hydrogen) atoms. The summed E-state index contributed by atoms with van der Waals surface area (Å²) in [5.74, 6) is -0.137. The van der Waals surface area contributed by atoms with Crippen LogP contribution in [0.4, 0.5) is 5.69 Å². The minimum absolute atomic E-state index is 0.137. The van der Waals surface area contributed by atoms with Gasteiger partial charge in [0.15, 0.2) is 0 Å². The third-order valence-electron chi connectivity index (χ3n) is 3.10. The molecule has 0 aliphatic heterocycles. The first-order chi connectivity index (χ1) is 10.6. The van der Waals surface area contributed by atoms with Crippen LogP contribution in [0.15, 0.2) is 53.0 Å². The fraction of sp³-hybridized carbons (Fsp3) is 0.176. The van der Waals surface area contributed by atoms with E-state index in [1.807, 2.05) is 36.2 Å². The van der Waals surface area contributed by atoms with Gasteiger partial charge in [-0.25, -0.2) is 0 Å². The standard InChI is InChI=1S/C17H16BrN3O/c1-21(11-13-6-8-15(18)9-7-13)12-17(22)20-16-5-3-2-4-14(16)10-19/h2-9H,11-12H2,1H3,(H,20,22). The van der Waals surface area contributed by atoms with Crippen molar-refractivity contribution in [3.63, 3.8) is 0 Å². The Morgan fingerprint density at radius 2 is 1.91 bits per heavy atom. The van der Waals surface area contributed by atoms with Gasteiger partial charge in [-0.1, -0.05) is 40.2 Å². The van der Waals surface area contributed by atoms with Gasteiger partial charge in [0.05, 0.1) is 17.8 Å². The van der Waals surface area contributed by atoms with E-state index in [1.54, 1.807) is 24.3 Å². The lowest BCUT2D eigenvalue weighted by Gasteiger charge is -2.16. The molecule has 0 saturated carbocycles. The second-order valence-electron chi connectivity index (χ2n) is 5.00. The minimum atomic E-state index is -0.137. The summed E-state index contributed by atoms with van der Waals surface area (Å²) in [6.07, 6.45) is 0. The van der Waals surface area contributed by atoms with Crippen molar-refractivity contribution in [3.05, 3.63) is 64.1 Å². The van der Waals surface area contributed by atoms with Crippen molar-refractivity contribution in [1.29, 1.82) is 5.26 Å². The Balaban J connectivity index is 1.91. The maximum absolute atomic E-state index is 12.1. The van der Waals surface area contributed by atoms with E-state index in [-0.39, 0.29) is 12.5 Å². The van der Waals surface area contributed by atoms with Crippen molar-refractivity contribution >= 4 is 27.5 Å². The van der Waals surface area contributed by atoms with E-state index < -0.39 is 0 Å². The van der Waals surface area contributed by atoms with Crippen molar-refractivity contribution in [3.8, 4) is 6.07 Å². The Kier molecular flexibility index (Phi) is 5.70. The fourth-order valence-corrected chi connectivity index (χ4v) is 2.35. The molecule has 112 valence electrons. The Morgan fingerprint density at radius 3 is 2.59 bits per heavy atom. The Bertz CT molecular complexity index is 692. The van der Waals surface area contributed by atoms with E-state index in [9.17, 15) is 4.79 Å². The van der Waals surface area contributed by atoms with E-state index in [0.717, 1.165) is 10.0 Å². The van der Waals surface area contributed by atoms with Gasteiger partial charge < -0.3 is 5.32 Å². The Morgan fingerprint density at radius 1 is 1.23 bits per heavy atom. The average Bonchev–Trinajstić information content (AvgIpc) is 2.50. The maximum atomic E-state index is 12.1. The largest absolute Gasteiger partial charge is 0.324 e. The molecule has 0 aliphatic rings. The van der Waals surface area contributed by atoms with Gasteiger partial charge in [-0.3, -0.25) is 9.69 Å². The molecular formula is C17H16BrN3O. The topological polar surface area (TPSA) is 56.1 Å². The molecule has 0 fully saturated rings. The number of carbonyl (C=O) groups excluding carboxylic acids is 1. The van der Waals surface area contributed by atoms with Crippen LogP contribution in [0.2, 0.25) is 0 Å². The van der Waals surface area contributed by atoms with E-state index in [2.05, 4.69) is 27.3 Å². The van der Waals surface area contributed by atoms with E-state index >= 15 is 0 Å². The van der Waals surface area contributed by atoms with Crippen LogP contribution >= 0.6 is 15.9 Å². The molecule has 1 amide bonds. The molecule has 2 aromatic rings. The Labute approximate surface area is 138 Å². The molecule has 0 atom stereocenters. The second-order valence-corrected chi connectivity index (χ2v) is 5.92. The average molecular weight is 358 g/mol. The molecule has 0 saturated heterocycles. The van der Waals surface area contributed by atoms with Gasteiger partial charge in [-0.2, -0.15) is 5.26 Å². The quantitative estimate of drug-likeness (QED) is 0.892. The number of nitrogens with zero attached hydrogens (tertiary/aromatic N) is 2. The predicted molar refractivity (Wildman–Crippen MR) is 90.3 cm³/mol. The molecule has 5 heteroatoms. The van der Waals surface area contributed by atoms with Crippen LogP contribution in [-0.4, -0.2) is 24.4 Å². The monoisotopic (exact) mass is 357 g/mol. The number of carbonyl (C=O) groups is 1. The molecule has 0 spiro atoms. The van der Waals surface area contributed by atoms with Gasteiger partial charge in [0.1, 0.15) is 6.07 Å². The van der Waals surface area contributed by atoms with E-state index in [0.29, 0.717) is 17.8 Å². The highest BCUT2D eigenvalue weighted by atomic mass is 79.9. The summed E-state index contributed by atoms with van der Waals surface area (Å²) in [6.45, 7) is 0.941. The van der Waals surface area contributed by atoms with Gasteiger partial charge in [0.2, 0.25) is 5.91 Å². The maximum Gasteiger partial charge on any atom is 0.238 e. The molecule has 0 aliphatic carbocycles. The number of hydrogen-bond acceptors (Lipinski definition) is 3.